The quantitative estimate of drug-likeness (QED) is 0.730. The molecule has 5 heteroatoms. The van der Waals surface area contributed by atoms with Gasteiger partial charge in [-0.25, -0.2) is 4.68 Å². The molecule has 0 atom stereocenters. The molecule has 0 unspecified atom stereocenters. The van der Waals surface area contributed by atoms with Gasteiger partial charge in [0, 0.05) is 6.54 Å². The summed E-state index contributed by atoms with van der Waals surface area (Å²) >= 11 is 11.2. The van der Waals surface area contributed by atoms with Gasteiger partial charge in [0.15, 0.2) is 0 Å². The molecule has 0 amide bonds. The molecule has 0 bridgehead atoms. The average Bonchev–Trinajstić information content (AvgIpc) is 2.13. The Bertz CT molecular complexity index is 373. The fraction of sp³-hybridized carbons (Fsp3) is 0.250. The molecule has 13 heavy (non-hydrogen) atoms. The van der Waals surface area contributed by atoms with Gasteiger partial charge < -0.3 is 0 Å². The SMILES string of the molecule is C=CCCn1ncc(Cl)c(Cl)c1=O. The number of halogens is 2. The van der Waals surface area contributed by atoms with Crippen LogP contribution in [0.3, 0.4) is 0 Å². The van der Waals surface area contributed by atoms with Crippen LogP contribution in [0.2, 0.25) is 10.0 Å². The third-order valence-electron chi connectivity index (χ3n) is 1.49. The molecule has 0 aliphatic carbocycles. The van der Waals surface area contributed by atoms with Crippen LogP contribution in [0.25, 0.3) is 0 Å². The van der Waals surface area contributed by atoms with Crippen LogP contribution in [0.5, 0.6) is 0 Å². The number of hydrogen-bond donors (Lipinski definition) is 0. The lowest BCUT2D eigenvalue weighted by Crippen LogP contribution is -2.23. The van der Waals surface area contributed by atoms with Crippen LogP contribution in [0.4, 0.5) is 0 Å². The molecular weight excluding hydrogens is 211 g/mol. The van der Waals surface area contributed by atoms with E-state index in [2.05, 4.69) is 11.7 Å². The Morgan fingerprint density at radius 3 is 2.92 bits per heavy atom. The molecule has 0 saturated carbocycles. The smallest absolute Gasteiger partial charge is 0.266 e. The minimum Gasteiger partial charge on any atom is -0.266 e. The Morgan fingerprint density at radius 2 is 2.31 bits per heavy atom. The lowest BCUT2D eigenvalue weighted by Gasteiger charge is -2.02. The van der Waals surface area contributed by atoms with Gasteiger partial charge in [-0.2, -0.15) is 5.10 Å². The fourth-order valence-electron chi connectivity index (χ4n) is 0.818. The Kier molecular flexibility index (Phi) is 3.51. The maximum absolute atomic E-state index is 11.3. The van der Waals surface area contributed by atoms with Crippen molar-refractivity contribution in [1.29, 1.82) is 0 Å². The number of nitrogens with zero attached hydrogens (tertiary/aromatic N) is 2. The molecule has 0 spiro atoms. The van der Waals surface area contributed by atoms with Crippen molar-refractivity contribution in [3.05, 3.63) is 39.3 Å². The third-order valence-corrected chi connectivity index (χ3v) is 2.24. The molecule has 0 aromatic carbocycles. The zero-order valence-electron chi connectivity index (χ0n) is 6.83. The second-order valence-electron chi connectivity index (χ2n) is 2.41. The predicted molar refractivity (Wildman–Crippen MR) is 53.3 cm³/mol. The van der Waals surface area contributed by atoms with Crippen LogP contribution in [0.15, 0.2) is 23.6 Å². The van der Waals surface area contributed by atoms with E-state index in [1.165, 1.54) is 10.9 Å². The Labute approximate surface area is 85.6 Å². The first-order valence-corrected chi connectivity index (χ1v) is 4.44. The first kappa shape index (κ1) is 10.3. The lowest BCUT2D eigenvalue weighted by atomic mass is 10.4. The number of hydrogen-bond acceptors (Lipinski definition) is 2. The van der Waals surface area contributed by atoms with Crippen LogP contribution in [-0.2, 0) is 6.54 Å². The monoisotopic (exact) mass is 218 g/mol. The van der Waals surface area contributed by atoms with E-state index in [0.717, 1.165) is 0 Å². The van der Waals surface area contributed by atoms with E-state index in [1.807, 2.05) is 0 Å². The summed E-state index contributed by atoms with van der Waals surface area (Å²) in [5, 5.41) is 4.01. The normalized spacial score (nSPS) is 10.0. The minimum absolute atomic E-state index is 0.0146. The van der Waals surface area contributed by atoms with Crippen LogP contribution >= 0.6 is 23.2 Å². The third kappa shape index (κ3) is 2.32. The van der Waals surface area contributed by atoms with Gasteiger partial charge in [0.05, 0.1) is 11.2 Å². The Morgan fingerprint density at radius 1 is 1.62 bits per heavy atom. The van der Waals surface area contributed by atoms with Gasteiger partial charge in [-0.05, 0) is 6.42 Å². The molecule has 0 radical (unpaired) electrons. The highest BCUT2D eigenvalue weighted by Gasteiger charge is 2.05. The number of allylic oxidation sites excluding steroid dienone is 1. The highest BCUT2D eigenvalue weighted by atomic mass is 35.5. The van der Waals surface area contributed by atoms with Crippen LogP contribution < -0.4 is 5.56 Å². The predicted octanol–water partition coefficient (Wildman–Crippen LogP) is 2.13. The van der Waals surface area contributed by atoms with Crippen molar-refractivity contribution in [3.8, 4) is 0 Å². The fourth-order valence-corrected chi connectivity index (χ4v) is 1.09. The summed E-state index contributed by atoms with van der Waals surface area (Å²) < 4.78 is 1.26. The van der Waals surface area contributed by atoms with E-state index < -0.39 is 0 Å². The summed E-state index contributed by atoms with van der Waals surface area (Å²) in [7, 11) is 0. The van der Waals surface area contributed by atoms with Gasteiger partial charge in [-0.1, -0.05) is 29.3 Å². The zero-order chi connectivity index (χ0) is 9.84. The summed E-state index contributed by atoms with van der Waals surface area (Å²) in [6.07, 6.45) is 3.73. The topological polar surface area (TPSA) is 34.9 Å². The maximum Gasteiger partial charge on any atom is 0.287 e. The van der Waals surface area contributed by atoms with Crippen molar-refractivity contribution in [1.82, 2.24) is 9.78 Å². The summed E-state index contributed by atoms with van der Waals surface area (Å²) in [5.74, 6) is 0. The Hall–Kier alpha value is -0.800. The van der Waals surface area contributed by atoms with Gasteiger partial charge in [-0.3, -0.25) is 4.79 Å². The van der Waals surface area contributed by atoms with Gasteiger partial charge in [0.1, 0.15) is 5.02 Å². The molecule has 1 heterocycles. The molecular formula is C8H8Cl2N2O. The Balaban J connectivity index is 3.04. The molecule has 0 saturated heterocycles. The molecule has 0 aliphatic heterocycles. The van der Waals surface area contributed by atoms with Crippen LogP contribution in [-0.4, -0.2) is 9.78 Å². The van der Waals surface area contributed by atoms with Crippen molar-refractivity contribution in [2.45, 2.75) is 13.0 Å². The summed E-state index contributed by atoms with van der Waals surface area (Å²) in [4.78, 5) is 11.3. The van der Waals surface area contributed by atoms with E-state index in [1.54, 1.807) is 6.08 Å². The molecule has 0 aliphatic rings. The summed E-state index contributed by atoms with van der Waals surface area (Å²) in [6.45, 7) is 4.01. The number of rotatable bonds is 3. The summed E-state index contributed by atoms with van der Waals surface area (Å²) in [5.41, 5.74) is -0.365. The molecule has 0 fully saturated rings. The highest BCUT2D eigenvalue weighted by Crippen LogP contribution is 2.14. The molecule has 1 rings (SSSR count). The van der Waals surface area contributed by atoms with E-state index in [9.17, 15) is 4.79 Å². The first-order valence-electron chi connectivity index (χ1n) is 3.69. The first-order chi connectivity index (χ1) is 6.16. The molecule has 70 valence electrons. The van der Waals surface area contributed by atoms with Crippen molar-refractivity contribution < 1.29 is 0 Å². The second-order valence-corrected chi connectivity index (χ2v) is 3.20. The van der Waals surface area contributed by atoms with E-state index in [0.29, 0.717) is 13.0 Å². The second kappa shape index (κ2) is 4.44. The van der Waals surface area contributed by atoms with Crippen molar-refractivity contribution in [2.24, 2.45) is 0 Å². The zero-order valence-corrected chi connectivity index (χ0v) is 8.35. The summed E-state index contributed by atoms with van der Waals surface area (Å²) in [6, 6.07) is 0. The van der Waals surface area contributed by atoms with Crippen molar-refractivity contribution >= 4 is 23.2 Å². The average molecular weight is 219 g/mol. The van der Waals surface area contributed by atoms with E-state index >= 15 is 0 Å². The molecule has 1 aromatic heterocycles. The van der Waals surface area contributed by atoms with Crippen molar-refractivity contribution in [2.75, 3.05) is 0 Å². The van der Waals surface area contributed by atoms with Crippen molar-refractivity contribution in [3.63, 3.8) is 0 Å². The maximum atomic E-state index is 11.3. The van der Waals surface area contributed by atoms with Crippen LogP contribution in [0, 0.1) is 0 Å². The minimum atomic E-state index is -0.365. The van der Waals surface area contributed by atoms with Gasteiger partial charge in [-0.15, -0.1) is 6.58 Å². The van der Waals surface area contributed by atoms with Gasteiger partial charge in [0.25, 0.3) is 5.56 Å². The largest absolute Gasteiger partial charge is 0.287 e. The molecule has 1 aromatic rings. The van der Waals surface area contributed by atoms with Gasteiger partial charge in [0.2, 0.25) is 0 Å². The number of aryl methyl sites for hydroxylation is 1. The van der Waals surface area contributed by atoms with E-state index in [4.69, 9.17) is 23.2 Å². The molecule has 0 N–H and O–H groups in total. The number of aromatic nitrogens is 2. The standard InChI is InChI=1S/C8H8Cl2N2O/c1-2-3-4-12-8(13)7(10)6(9)5-11-12/h2,5H,1,3-4H2. The highest BCUT2D eigenvalue weighted by molar-refractivity contribution is 6.41. The van der Waals surface area contributed by atoms with E-state index in [-0.39, 0.29) is 15.6 Å². The molecule has 3 nitrogen and oxygen atoms in total. The van der Waals surface area contributed by atoms with Crippen LogP contribution in [0.1, 0.15) is 6.42 Å². The lowest BCUT2D eigenvalue weighted by molar-refractivity contribution is 0.586. The van der Waals surface area contributed by atoms with Gasteiger partial charge >= 0.3 is 0 Å².